The zero-order valence-corrected chi connectivity index (χ0v) is 15.8. The molecule has 5 nitrogen and oxygen atoms in total. The van der Waals surface area contributed by atoms with Crippen molar-refractivity contribution in [3.05, 3.63) is 86.5 Å². The normalized spacial score (nSPS) is 10.7. The van der Waals surface area contributed by atoms with Crippen LogP contribution >= 0.6 is 27.3 Å². The molecule has 0 unspecified atom stereocenters. The van der Waals surface area contributed by atoms with Crippen molar-refractivity contribution in [1.82, 2.24) is 5.43 Å². The van der Waals surface area contributed by atoms with E-state index in [-0.39, 0.29) is 5.91 Å². The van der Waals surface area contributed by atoms with Crippen LogP contribution in [0.1, 0.15) is 25.6 Å². The van der Waals surface area contributed by atoms with Crippen LogP contribution < -0.4 is 10.2 Å². The average Bonchev–Trinajstić information content (AvgIpc) is 3.17. The Kier molecular flexibility index (Phi) is 5.93. The zero-order chi connectivity index (χ0) is 18.4. The second-order valence-corrected chi connectivity index (χ2v) is 6.92. The minimum Gasteiger partial charge on any atom is -0.422 e. The fourth-order valence-electron chi connectivity index (χ4n) is 2.08. The summed E-state index contributed by atoms with van der Waals surface area (Å²) in [6.07, 6.45) is 1.48. The van der Waals surface area contributed by atoms with Crippen LogP contribution in [-0.2, 0) is 0 Å². The van der Waals surface area contributed by atoms with E-state index in [1.165, 1.54) is 17.6 Å². The van der Waals surface area contributed by atoms with Crippen molar-refractivity contribution < 1.29 is 14.3 Å². The van der Waals surface area contributed by atoms with Gasteiger partial charge in [-0.2, -0.15) is 5.10 Å². The van der Waals surface area contributed by atoms with Gasteiger partial charge in [0.15, 0.2) is 0 Å². The van der Waals surface area contributed by atoms with Crippen LogP contribution in [0, 0.1) is 0 Å². The van der Waals surface area contributed by atoms with Gasteiger partial charge in [-0.3, -0.25) is 4.79 Å². The number of hydrogen-bond donors (Lipinski definition) is 1. The van der Waals surface area contributed by atoms with Gasteiger partial charge in [-0.15, -0.1) is 11.3 Å². The van der Waals surface area contributed by atoms with Crippen molar-refractivity contribution in [3.8, 4) is 5.75 Å². The van der Waals surface area contributed by atoms with Gasteiger partial charge >= 0.3 is 5.97 Å². The molecule has 2 aromatic carbocycles. The van der Waals surface area contributed by atoms with Gasteiger partial charge in [0, 0.05) is 4.47 Å². The minimum absolute atomic E-state index is 0.325. The molecule has 0 atom stereocenters. The van der Waals surface area contributed by atoms with Crippen LogP contribution in [0.5, 0.6) is 5.75 Å². The summed E-state index contributed by atoms with van der Waals surface area (Å²) in [6, 6.07) is 17.5. The highest BCUT2D eigenvalue weighted by Gasteiger charge is 2.10. The number of halogens is 1. The minimum atomic E-state index is -0.406. The van der Waals surface area contributed by atoms with E-state index in [2.05, 4.69) is 26.5 Å². The lowest BCUT2D eigenvalue weighted by Gasteiger charge is -2.04. The standard InChI is InChI=1S/C19H13BrN2O3S/c20-16-8-2-1-7-15(16)18(23)22-21-12-13-5-3-6-14(11-13)25-19(24)17-9-4-10-26-17/h1-12H,(H,22,23)/b21-12+. The Morgan fingerprint density at radius 3 is 2.69 bits per heavy atom. The molecule has 0 saturated heterocycles. The molecule has 0 fully saturated rings. The summed E-state index contributed by atoms with van der Waals surface area (Å²) in [7, 11) is 0. The molecule has 0 saturated carbocycles. The summed E-state index contributed by atoms with van der Waals surface area (Å²) < 4.78 is 6.02. The quantitative estimate of drug-likeness (QED) is 0.281. The third-order valence-electron chi connectivity index (χ3n) is 3.29. The Labute approximate surface area is 162 Å². The topological polar surface area (TPSA) is 67.8 Å². The van der Waals surface area contributed by atoms with Crippen LogP contribution in [0.2, 0.25) is 0 Å². The molecule has 1 heterocycles. The number of carbonyl (C=O) groups is 2. The van der Waals surface area contributed by atoms with Crippen molar-refractivity contribution in [3.63, 3.8) is 0 Å². The molecule has 0 spiro atoms. The molecule has 0 radical (unpaired) electrons. The number of nitrogens with zero attached hydrogens (tertiary/aromatic N) is 1. The van der Waals surface area contributed by atoms with E-state index in [9.17, 15) is 9.59 Å². The van der Waals surface area contributed by atoms with Crippen molar-refractivity contribution in [2.75, 3.05) is 0 Å². The number of thiophene rings is 1. The largest absolute Gasteiger partial charge is 0.422 e. The van der Waals surface area contributed by atoms with E-state index >= 15 is 0 Å². The lowest BCUT2D eigenvalue weighted by atomic mass is 10.2. The number of hydrogen-bond acceptors (Lipinski definition) is 5. The second kappa shape index (κ2) is 8.55. The molecular formula is C19H13BrN2O3S. The summed E-state index contributed by atoms with van der Waals surface area (Å²) in [5.74, 6) is -0.324. The highest BCUT2D eigenvalue weighted by atomic mass is 79.9. The molecule has 130 valence electrons. The fourth-order valence-corrected chi connectivity index (χ4v) is 3.15. The molecule has 0 bridgehead atoms. The summed E-state index contributed by atoms with van der Waals surface area (Å²) in [5, 5.41) is 5.76. The lowest BCUT2D eigenvalue weighted by Crippen LogP contribution is -2.18. The number of amides is 1. The maximum absolute atomic E-state index is 12.1. The molecule has 26 heavy (non-hydrogen) atoms. The van der Waals surface area contributed by atoms with Gasteiger partial charge in [0.1, 0.15) is 10.6 Å². The van der Waals surface area contributed by atoms with Crippen molar-refractivity contribution >= 4 is 45.4 Å². The van der Waals surface area contributed by atoms with E-state index in [1.807, 2.05) is 11.4 Å². The monoisotopic (exact) mass is 428 g/mol. The first-order chi connectivity index (χ1) is 12.6. The number of esters is 1. The van der Waals surface area contributed by atoms with Gasteiger partial charge in [-0.25, -0.2) is 10.2 Å². The third-order valence-corrected chi connectivity index (χ3v) is 4.83. The van der Waals surface area contributed by atoms with Gasteiger partial charge in [0.25, 0.3) is 5.91 Å². The highest BCUT2D eigenvalue weighted by molar-refractivity contribution is 9.10. The predicted octanol–water partition coefficient (Wildman–Crippen LogP) is 4.49. The van der Waals surface area contributed by atoms with E-state index in [4.69, 9.17) is 4.74 Å². The molecule has 3 aromatic rings. The smallest absolute Gasteiger partial charge is 0.353 e. The summed E-state index contributed by atoms with van der Waals surface area (Å²) in [5.41, 5.74) is 3.64. The number of hydrazone groups is 1. The van der Waals surface area contributed by atoms with E-state index < -0.39 is 5.97 Å². The maximum Gasteiger partial charge on any atom is 0.353 e. The molecule has 7 heteroatoms. The lowest BCUT2D eigenvalue weighted by molar-refractivity contribution is 0.0739. The Hall–Kier alpha value is -2.77. The summed E-state index contributed by atoms with van der Waals surface area (Å²) >= 11 is 4.64. The molecule has 1 aromatic heterocycles. The molecule has 0 aliphatic carbocycles. The molecule has 0 aliphatic rings. The van der Waals surface area contributed by atoms with Gasteiger partial charge in [0.05, 0.1) is 11.8 Å². The average molecular weight is 429 g/mol. The number of nitrogens with one attached hydrogen (secondary N) is 1. The van der Waals surface area contributed by atoms with Crippen LogP contribution in [-0.4, -0.2) is 18.1 Å². The Balaban J connectivity index is 1.63. The molecule has 0 aliphatic heterocycles. The predicted molar refractivity (Wildman–Crippen MR) is 105 cm³/mol. The number of carbonyl (C=O) groups excluding carboxylic acids is 2. The number of rotatable bonds is 5. The van der Waals surface area contributed by atoms with Gasteiger partial charge < -0.3 is 4.74 Å². The van der Waals surface area contributed by atoms with E-state index in [0.717, 1.165) is 0 Å². The van der Waals surface area contributed by atoms with Crippen LogP contribution in [0.3, 0.4) is 0 Å². The molecule has 3 rings (SSSR count). The van der Waals surface area contributed by atoms with Crippen molar-refractivity contribution in [2.45, 2.75) is 0 Å². The van der Waals surface area contributed by atoms with Gasteiger partial charge in [-0.1, -0.05) is 30.3 Å². The molecule has 1 N–H and O–H groups in total. The van der Waals surface area contributed by atoms with Gasteiger partial charge in [0.2, 0.25) is 0 Å². The highest BCUT2D eigenvalue weighted by Crippen LogP contribution is 2.17. The Morgan fingerprint density at radius 2 is 1.92 bits per heavy atom. The second-order valence-electron chi connectivity index (χ2n) is 5.12. The van der Waals surface area contributed by atoms with Crippen molar-refractivity contribution in [1.29, 1.82) is 0 Å². The SMILES string of the molecule is O=C(Oc1cccc(/C=N/NC(=O)c2ccccc2Br)c1)c1cccs1. The van der Waals surface area contributed by atoms with E-state index in [0.29, 0.717) is 26.2 Å². The first kappa shape index (κ1) is 18.0. The Morgan fingerprint density at radius 1 is 1.08 bits per heavy atom. The van der Waals surface area contributed by atoms with Crippen molar-refractivity contribution in [2.24, 2.45) is 5.10 Å². The summed E-state index contributed by atoms with van der Waals surface area (Å²) in [6.45, 7) is 0. The fraction of sp³-hybridized carbons (Fsp3) is 0. The zero-order valence-electron chi connectivity index (χ0n) is 13.4. The first-order valence-corrected chi connectivity index (χ1v) is 9.24. The Bertz CT molecular complexity index is 955. The number of ether oxygens (including phenoxy) is 1. The van der Waals surface area contributed by atoms with Crippen LogP contribution in [0.4, 0.5) is 0 Å². The van der Waals surface area contributed by atoms with Crippen LogP contribution in [0.25, 0.3) is 0 Å². The molecule has 1 amide bonds. The van der Waals surface area contributed by atoms with Crippen LogP contribution in [0.15, 0.2) is 75.6 Å². The third kappa shape index (κ3) is 4.65. The first-order valence-electron chi connectivity index (χ1n) is 7.57. The summed E-state index contributed by atoms with van der Waals surface area (Å²) in [4.78, 5) is 24.6. The molecular weight excluding hydrogens is 416 g/mol. The van der Waals surface area contributed by atoms with E-state index in [1.54, 1.807) is 54.6 Å². The number of benzene rings is 2. The maximum atomic E-state index is 12.1. The van der Waals surface area contributed by atoms with Gasteiger partial charge in [-0.05, 0) is 57.2 Å².